The molecule has 0 amide bonds. The van der Waals surface area contributed by atoms with Gasteiger partial charge in [-0.05, 0) is 67.9 Å². The van der Waals surface area contributed by atoms with E-state index in [9.17, 15) is 0 Å². The zero-order valence-electron chi connectivity index (χ0n) is 20.7. The van der Waals surface area contributed by atoms with Crippen molar-refractivity contribution in [1.82, 2.24) is 9.97 Å². The maximum atomic E-state index is 4.67. The van der Waals surface area contributed by atoms with Gasteiger partial charge in [0.1, 0.15) is 6.33 Å². The van der Waals surface area contributed by atoms with E-state index >= 15 is 0 Å². The average Bonchev–Trinajstić information content (AvgIpc) is 3.15. The Balaban J connectivity index is 1.69. The predicted octanol–water partition coefficient (Wildman–Crippen LogP) is 8.73. The summed E-state index contributed by atoms with van der Waals surface area (Å²) in [5.41, 5.74) is 11.4. The molecule has 2 heteroatoms. The van der Waals surface area contributed by atoms with Gasteiger partial charge in [-0.15, -0.1) is 0 Å². The van der Waals surface area contributed by atoms with Crippen molar-refractivity contribution < 1.29 is 0 Å². The smallest absolute Gasteiger partial charge is 0.116 e. The Bertz CT molecular complexity index is 1810. The van der Waals surface area contributed by atoms with Crippen molar-refractivity contribution in [2.24, 2.45) is 0 Å². The summed E-state index contributed by atoms with van der Waals surface area (Å²) in [6, 6.07) is 33.4. The molecule has 0 unspecified atom stereocenters. The van der Waals surface area contributed by atoms with Gasteiger partial charge in [0.2, 0.25) is 0 Å². The normalized spacial score (nSPS) is 13.6. The molecule has 5 aromatic carbocycles. The van der Waals surface area contributed by atoms with Gasteiger partial charge in [-0.3, -0.25) is 0 Å². The van der Waals surface area contributed by atoms with Gasteiger partial charge in [0.15, 0.2) is 0 Å². The summed E-state index contributed by atoms with van der Waals surface area (Å²) in [4.78, 5) is 8.84. The Labute approximate surface area is 211 Å². The number of fused-ring (bicyclic) bond motifs is 5. The maximum Gasteiger partial charge on any atom is 0.116 e. The van der Waals surface area contributed by atoms with Crippen molar-refractivity contribution in [3.05, 3.63) is 120 Å². The summed E-state index contributed by atoms with van der Waals surface area (Å²) < 4.78 is 0. The Kier molecular flexibility index (Phi) is 4.44. The monoisotopic (exact) mass is 462 g/mol. The first-order chi connectivity index (χ1) is 17.6. The fraction of sp³-hybridized carbons (Fsp3) is 0.118. The van der Waals surface area contributed by atoms with Crippen molar-refractivity contribution in [3.8, 4) is 33.5 Å². The van der Waals surface area contributed by atoms with E-state index < -0.39 is 0 Å². The van der Waals surface area contributed by atoms with Crippen LogP contribution in [0.4, 0.5) is 0 Å². The number of benzene rings is 5. The molecule has 2 nitrogen and oxygen atoms in total. The first-order valence-electron chi connectivity index (χ1n) is 12.5. The van der Waals surface area contributed by atoms with E-state index in [1.165, 1.54) is 66.1 Å². The van der Waals surface area contributed by atoms with Gasteiger partial charge >= 0.3 is 0 Å². The lowest BCUT2D eigenvalue weighted by molar-refractivity contribution is 0.660. The minimum absolute atomic E-state index is 0.0373. The number of rotatable bonds is 2. The van der Waals surface area contributed by atoms with Crippen molar-refractivity contribution in [2.45, 2.75) is 26.2 Å². The quantitative estimate of drug-likeness (QED) is 0.240. The lowest BCUT2D eigenvalue weighted by Crippen LogP contribution is -2.14. The summed E-state index contributed by atoms with van der Waals surface area (Å²) in [7, 11) is 0. The first kappa shape index (κ1) is 21.0. The van der Waals surface area contributed by atoms with E-state index in [4.69, 9.17) is 0 Å². The number of nitrogens with zero attached hydrogens (tertiary/aromatic N) is 2. The molecular formula is C34H26N2. The minimum Gasteiger partial charge on any atom is -0.245 e. The van der Waals surface area contributed by atoms with E-state index in [2.05, 4.69) is 116 Å². The number of aryl methyl sites for hydroxylation is 1. The summed E-state index contributed by atoms with van der Waals surface area (Å²) in [5, 5.41) is 4.94. The van der Waals surface area contributed by atoms with E-state index in [0.717, 1.165) is 5.69 Å². The van der Waals surface area contributed by atoms with E-state index in [1.54, 1.807) is 6.33 Å². The molecule has 1 aliphatic rings. The second-order valence-electron chi connectivity index (χ2n) is 10.3. The Hall–Kier alpha value is -4.30. The van der Waals surface area contributed by atoms with Crippen LogP contribution in [-0.4, -0.2) is 9.97 Å². The molecule has 172 valence electrons. The maximum absolute atomic E-state index is 4.67. The molecule has 0 bridgehead atoms. The van der Waals surface area contributed by atoms with Gasteiger partial charge in [-0.25, -0.2) is 9.97 Å². The SMILES string of the molecule is Cc1ccc2c(-c3ccncn3)c3ccccc3c(-c3cccc4c3-c3ccccc3C4(C)C)c2c1. The molecule has 0 saturated carbocycles. The second kappa shape index (κ2) is 7.60. The Morgan fingerprint density at radius 2 is 1.28 bits per heavy atom. The highest BCUT2D eigenvalue weighted by Gasteiger charge is 2.37. The topological polar surface area (TPSA) is 25.8 Å². The van der Waals surface area contributed by atoms with Crippen LogP contribution in [0.3, 0.4) is 0 Å². The summed E-state index contributed by atoms with van der Waals surface area (Å²) in [5.74, 6) is 0. The Morgan fingerprint density at radius 1 is 0.583 bits per heavy atom. The van der Waals surface area contributed by atoms with Crippen LogP contribution in [0.5, 0.6) is 0 Å². The van der Waals surface area contributed by atoms with Gasteiger partial charge < -0.3 is 0 Å². The number of hydrogen-bond acceptors (Lipinski definition) is 2. The fourth-order valence-corrected chi connectivity index (χ4v) is 6.26. The zero-order valence-corrected chi connectivity index (χ0v) is 20.7. The third-order valence-electron chi connectivity index (χ3n) is 7.89. The molecular weight excluding hydrogens is 436 g/mol. The fourth-order valence-electron chi connectivity index (χ4n) is 6.26. The van der Waals surface area contributed by atoms with Crippen LogP contribution in [0.1, 0.15) is 30.5 Å². The molecule has 0 atom stereocenters. The molecule has 1 aliphatic carbocycles. The highest BCUT2D eigenvalue weighted by Crippen LogP contribution is 2.54. The van der Waals surface area contributed by atoms with Crippen LogP contribution in [0, 0.1) is 6.92 Å². The molecule has 1 aromatic heterocycles. The van der Waals surface area contributed by atoms with E-state index in [-0.39, 0.29) is 5.41 Å². The zero-order chi connectivity index (χ0) is 24.4. The van der Waals surface area contributed by atoms with Gasteiger partial charge in [0.25, 0.3) is 0 Å². The highest BCUT2D eigenvalue weighted by atomic mass is 14.8. The lowest BCUT2D eigenvalue weighted by atomic mass is 9.81. The summed E-state index contributed by atoms with van der Waals surface area (Å²) >= 11 is 0. The molecule has 36 heavy (non-hydrogen) atoms. The largest absolute Gasteiger partial charge is 0.245 e. The standard InChI is InChI=1S/C34H26N2/c1-21-15-16-24-27(19-21)31(22-9-4-5-10-23(22)33(24)30-17-18-35-20-36-30)26-12-8-14-29-32(26)25-11-6-7-13-28(25)34(29,2)3/h4-20H,1-3H3. The predicted molar refractivity (Wildman–Crippen MR) is 150 cm³/mol. The van der Waals surface area contributed by atoms with E-state index in [0.29, 0.717) is 0 Å². The van der Waals surface area contributed by atoms with Gasteiger partial charge in [-0.1, -0.05) is 104 Å². The summed E-state index contributed by atoms with van der Waals surface area (Å²) in [6.07, 6.45) is 3.47. The molecule has 0 radical (unpaired) electrons. The third-order valence-corrected chi connectivity index (χ3v) is 7.89. The van der Waals surface area contributed by atoms with Crippen LogP contribution in [0.2, 0.25) is 0 Å². The number of hydrogen-bond donors (Lipinski definition) is 0. The molecule has 0 saturated heterocycles. The van der Waals surface area contributed by atoms with Crippen LogP contribution < -0.4 is 0 Å². The van der Waals surface area contributed by atoms with Crippen molar-refractivity contribution >= 4 is 21.5 Å². The van der Waals surface area contributed by atoms with Crippen LogP contribution in [-0.2, 0) is 5.41 Å². The second-order valence-corrected chi connectivity index (χ2v) is 10.3. The third kappa shape index (κ3) is 2.85. The molecule has 7 rings (SSSR count). The van der Waals surface area contributed by atoms with E-state index in [1.807, 2.05) is 12.3 Å². The van der Waals surface area contributed by atoms with Crippen molar-refractivity contribution in [1.29, 1.82) is 0 Å². The molecule has 0 spiro atoms. The molecule has 6 aromatic rings. The highest BCUT2D eigenvalue weighted by molar-refractivity contribution is 6.22. The van der Waals surface area contributed by atoms with Crippen LogP contribution in [0.25, 0.3) is 55.1 Å². The van der Waals surface area contributed by atoms with Crippen LogP contribution >= 0.6 is 0 Å². The molecule has 0 aliphatic heterocycles. The lowest BCUT2D eigenvalue weighted by Gasteiger charge is -2.22. The molecule has 0 fully saturated rings. The average molecular weight is 463 g/mol. The minimum atomic E-state index is -0.0373. The van der Waals surface area contributed by atoms with Gasteiger partial charge in [-0.2, -0.15) is 0 Å². The molecule has 1 heterocycles. The first-order valence-corrected chi connectivity index (χ1v) is 12.5. The van der Waals surface area contributed by atoms with Crippen molar-refractivity contribution in [3.63, 3.8) is 0 Å². The van der Waals surface area contributed by atoms with Gasteiger partial charge in [0.05, 0.1) is 5.69 Å². The Morgan fingerprint density at radius 3 is 2.08 bits per heavy atom. The van der Waals surface area contributed by atoms with Gasteiger partial charge in [0, 0.05) is 17.2 Å². The van der Waals surface area contributed by atoms with Crippen LogP contribution in [0.15, 0.2) is 104 Å². The number of aromatic nitrogens is 2. The summed E-state index contributed by atoms with van der Waals surface area (Å²) in [6.45, 7) is 6.87. The van der Waals surface area contributed by atoms with Crippen molar-refractivity contribution in [2.75, 3.05) is 0 Å². The molecule has 0 N–H and O–H groups in total.